The summed E-state index contributed by atoms with van der Waals surface area (Å²) in [5, 5.41) is 9.44. The Morgan fingerprint density at radius 1 is 1.41 bits per heavy atom. The van der Waals surface area contributed by atoms with Gasteiger partial charge in [0, 0.05) is 12.6 Å². The number of aliphatic hydroxyl groups excluding tert-OH is 1. The largest absolute Gasteiger partial charge is 0.391 e. The standard InChI is InChI=1S/C14H19NO2/c1-11(15-10-13(16)9-14(15)17)7-8-12-5-3-2-4-6-12/h2-6,11,13,16H,7-10H2,1H3. The number of carbonyl (C=O) groups excluding carboxylic acids is 1. The molecule has 1 heterocycles. The Hall–Kier alpha value is -1.35. The second kappa shape index (κ2) is 5.32. The zero-order chi connectivity index (χ0) is 12.3. The molecular formula is C14H19NO2. The molecule has 0 spiro atoms. The zero-order valence-electron chi connectivity index (χ0n) is 10.2. The lowest BCUT2D eigenvalue weighted by Gasteiger charge is -2.24. The van der Waals surface area contributed by atoms with Crippen LogP contribution < -0.4 is 0 Å². The molecule has 1 aromatic rings. The lowest BCUT2D eigenvalue weighted by molar-refractivity contribution is -0.129. The molecule has 1 N–H and O–H groups in total. The number of carbonyl (C=O) groups is 1. The monoisotopic (exact) mass is 233 g/mol. The Labute approximate surface area is 102 Å². The van der Waals surface area contributed by atoms with E-state index in [4.69, 9.17) is 0 Å². The van der Waals surface area contributed by atoms with E-state index in [2.05, 4.69) is 19.1 Å². The molecular weight excluding hydrogens is 214 g/mol. The number of aryl methyl sites for hydroxylation is 1. The molecule has 1 saturated heterocycles. The Morgan fingerprint density at radius 3 is 2.71 bits per heavy atom. The van der Waals surface area contributed by atoms with Crippen molar-refractivity contribution in [2.24, 2.45) is 0 Å². The molecule has 1 aliphatic heterocycles. The highest BCUT2D eigenvalue weighted by molar-refractivity contribution is 5.79. The maximum Gasteiger partial charge on any atom is 0.225 e. The summed E-state index contributed by atoms with van der Waals surface area (Å²) in [5.41, 5.74) is 1.30. The number of rotatable bonds is 4. The van der Waals surface area contributed by atoms with Crippen LogP contribution >= 0.6 is 0 Å². The van der Waals surface area contributed by atoms with Gasteiger partial charge in [0.1, 0.15) is 0 Å². The smallest absolute Gasteiger partial charge is 0.225 e. The normalized spacial score (nSPS) is 21.9. The van der Waals surface area contributed by atoms with Crippen LogP contribution in [0.3, 0.4) is 0 Å². The van der Waals surface area contributed by atoms with Gasteiger partial charge in [0.15, 0.2) is 0 Å². The number of benzene rings is 1. The van der Waals surface area contributed by atoms with Crippen molar-refractivity contribution in [1.82, 2.24) is 4.90 Å². The topological polar surface area (TPSA) is 40.5 Å². The van der Waals surface area contributed by atoms with Crippen LogP contribution in [-0.2, 0) is 11.2 Å². The van der Waals surface area contributed by atoms with Gasteiger partial charge in [-0.1, -0.05) is 30.3 Å². The fourth-order valence-corrected chi connectivity index (χ4v) is 2.31. The van der Waals surface area contributed by atoms with Crippen molar-refractivity contribution in [3.05, 3.63) is 35.9 Å². The van der Waals surface area contributed by atoms with Crippen LogP contribution in [-0.4, -0.2) is 34.6 Å². The maximum absolute atomic E-state index is 11.6. The van der Waals surface area contributed by atoms with E-state index in [1.165, 1.54) is 5.56 Å². The van der Waals surface area contributed by atoms with Gasteiger partial charge in [-0.15, -0.1) is 0 Å². The van der Waals surface area contributed by atoms with Crippen molar-refractivity contribution in [1.29, 1.82) is 0 Å². The summed E-state index contributed by atoms with van der Waals surface area (Å²) in [7, 11) is 0. The Kier molecular flexibility index (Phi) is 3.79. The van der Waals surface area contributed by atoms with E-state index < -0.39 is 6.10 Å². The fraction of sp³-hybridized carbons (Fsp3) is 0.500. The molecule has 2 rings (SSSR count). The van der Waals surface area contributed by atoms with Crippen LogP contribution in [0.15, 0.2) is 30.3 Å². The predicted octanol–water partition coefficient (Wildman–Crippen LogP) is 1.60. The number of hydrogen-bond donors (Lipinski definition) is 1. The third-order valence-electron chi connectivity index (χ3n) is 3.36. The minimum absolute atomic E-state index is 0.0815. The third-order valence-corrected chi connectivity index (χ3v) is 3.36. The molecule has 0 bridgehead atoms. The molecule has 1 aliphatic rings. The van der Waals surface area contributed by atoms with Gasteiger partial charge < -0.3 is 10.0 Å². The highest BCUT2D eigenvalue weighted by Crippen LogP contribution is 2.17. The van der Waals surface area contributed by atoms with Crippen LogP contribution in [0.1, 0.15) is 25.3 Å². The van der Waals surface area contributed by atoms with Crippen LogP contribution in [0.4, 0.5) is 0 Å². The van der Waals surface area contributed by atoms with E-state index in [1.54, 1.807) is 4.90 Å². The second-order valence-electron chi connectivity index (χ2n) is 4.78. The molecule has 17 heavy (non-hydrogen) atoms. The van der Waals surface area contributed by atoms with E-state index in [9.17, 15) is 9.90 Å². The molecule has 92 valence electrons. The average molecular weight is 233 g/mol. The van der Waals surface area contributed by atoms with Gasteiger partial charge in [0.05, 0.1) is 12.5 Å². The highest BCUT2D eigenvalue weighted by Gasteiger charge is 2.30. The van der Waals surface area contributed by atoms with E-state index >= 15 is 0 Å². The van der Waals surface area contributed by atoms with Crippen molar-refractivity contribution in [2.45, 2.75) is 38.3 Å². The number of aliphatic hydroxyl groups is 1. The minimum atomic E-state index is -0.471. The number of β-amino-alcohol motifs (C(OH)–C–C–N with tert-alkyl or cyclic N) is 1. The number of hydrogen-bond acceptors (Lipinski definition) is 2. The Balaban J connectivity index is 1.85. The quantitative estimate of drug-likeness (QED) is 0.858. The summed E-state index contributed by atoms with van der Waals surface area (Å²) < 4.78 is 0. The first-order chi connectivity index (χ1) is 8.16. The SMILES string of the molecule is CC(CCc1ccccc1)N1CC(O)CC1=O. The number of nitrogens with zero attached hydrogens (tertiary/aromatic N) is 1. The lowest BCUT2D eigenvalue weighted by atomic mass is 10.1. The molecule has 3 heteroatoms. The summed E-state index contributed by atoms with van der Waals surface area (Å²) in [6, 6.07) is 10.5. The molecule has 2 atom stereocenters. The van der Waals surface area contributed by atoms with Crippen molar-refractivity contribution in [3.63, 3.8) is 0 Å². The average Bonchev–Trinajstić information content (AvgIpc) is 2.67. The van der Waals surface area contributed by atoms with Crippen LogP contribution in [0.25, 0.3) is 0 Å². The van der Waals surface area contributed by atoms with Crippen molar-refractivity contribution in [2.75, 3.05) is 6.54 Å². The van der Waals surface area contributed by atoms with Gasteiger partial charge >= 0.3 is 0 Å². The van der Waals surface area contributed by atoms with Gasteiger partial charge in [-0.25, -0.2) is 0 Å². The molecule has 0 saturated carbocycles. The second-order valence-corrected chi connectivity index (χ2v) is 4.78. The predicted molar refractivity (Wildman–Crippen MR) is 66.6 cm³/mol. The molecule has 1 fully saturated rings. The molecule has 0 aromatic heterocycles. The first-order valence-electron chi connectivity index (χ1n) is 6.18. The molecule has 1 aromatic carbocycles. The highest BCUT2D eigenvalue weighted by atomic mass is 16.3. The van der Waals surface area contributed by atoms with Gasteiger partial charge in [0.25, 0.3) is 0 Å². The lowest BCUT2D eigenvalue weighted by Crippen LogP contribution is -2.35. The van der Waals surface area contributed by atoms with Crippen molar-refractivity contribution >= 4 is 5.91 Å². The van der Waals surface area contributed by atoms with E-state index in [0.29, 0.717) is 6.54 Å². The Bertz CT molecular complexity index is 377. The summed E-state index contributed by atoms with van der Waals surface area (Å²) in [6.07, 6.45) is 1.74. The maximum atomic E-state index is 11.6. The summed E-state index contributed by atoms with van der Waals surface area (Å²) in [4.78, 5) is 13.4. The number of amides is 1. The van der Waals surface area contributed by atoms with E-state index in [-0.39, 0.29) is 18.4 Å². The third kappa shape index (κ3) is 3.07. The van der Waals surface area contributed by atoms with Crippen LogP contribution in [0, 0.1) is 0 Å². The van der Waals surface area contributed by atoms with E-state index in [0.717, 1.165) is 12.8 Å². The first kappa shape index (κ1) is 12.1. The van der Waals surface area contributed by atoms with Gasteiger partial charge in [-0.3, -0.25) is 4.79 Å². The van der Waals surface area contributed by atoms with Crippen LogP contribution in [0.2, 0.25) is 0 Å². The molecule has 1 amide bonds. The first-order valence-corrected chi connectivity index (χ1v) is 6.18. The van der Waals surface area contributed by atoms with Gasteiger partial charge in [-0.05, 0) is 25.3 Å². The minimum Gasteiger partial charge on any atom is -0.391 e. The van der Waals surface area contributed by atoms with Crippen molar-refractivity contribution in [3.8, 4) is 0 Å². The summed E-state index contributed by atoms with van der Waals surface area (Å²) in [5.74, 6) is 0.0815. The summed E-state index contributed by atoms with van der Waals surface area (Å²) in [6.45, 7) is 2.55. The molecule has 0 radical (unpaired) electrons. The number of likely N-dealkylation sites (tertiary alicyclic amines) is 1. The van der Waals surface area contributed by atoms with Crippen LogP contribution in [0.5, 0.6) is 0 Å². The summed E-state index contributed by atoms with van der Waals surface area (Å²) >= 11 is 0. The van der Waals surface area contributed by atoms with E-state index in [1.807, 2.05) is 18.2 Å². The zero-order valence-corrected chi connectivity index (χ0v) is 10.2. The molecule has 3 nitrogen and oxygen atoms in total. The van der Waals surface area contributed by atoms with Crippen molar-refractivity contribution < 1.29 is 9.90 Å². The Morgan fingerprint density at radius 2 is 2.12 bits per heavy atom. The van der Waals surface area contributed by atoms with Gasteiger partial charge in [-0.2, -0.15) is 0 Å². The molecule has 2 unspecified atom stereocenters. The van der Waals surface area contributed by atoms with Gasteiger partial charge in [0.2, 0.25) is 5.91 Å². The molecule has 0 aliphatic carbocycles. The fourth-order valence-electron chi connectivity index (χ4n) is 2.31.